The summed E-state index contributed by atoms with van der Waals surface area (Å²) in [4.78, 5) is 6.82. The van der Waals surface area contributed by atoms with Crippen molar-refractivity contribution >= 4 is 5.82 Å². The van der Waals surface area contributed by atoms with Gasteiger partial charge in [0.05, 0.1) is 0 Å². The van der Waals surface area contributed by atoms with E-state index >= 15 is 0 Å². The number of hydrogen-bond acceptors (Lipinski definition) is 4. The van der Waals surface area contributed by atoms with Gasteiger partial charge in [-0.1, -0.05) is 0 Å². The molecule has 0 aliphatic carbocycles. The Morgan fingerprint density at radius 2 is 2.20 bits per heavy atom. The van der Waals surface area contributed by atoms with Crippen molar-refractivity contribution in [1.82, 2.24) is 10.3 Å². The van der Waals surface area contributed by atoms with Crippen LogP contribution in [0.4, 0.5) is 5.82 Å². The molecule has 1 aliphatic rings. The van der Waals surface area contributed by atoms with Crippen molar-refractivity contribution in [3.8, 4) is 0 Å². The first-order valence-corrected chi connectivity index (χ1v) is 5.42. The average molecular weight is 206 g/mol. The van der Waals surface area contributed by atoms with E-state index in [-0.39, 0.29) is 0 Å². The average Bonchev–Trinajstić information content (AvgIpc) is 2.30. The molecule has 15 heavy (non-hydrogen) atoms. The second-order valence-electron chi connectivity index (χ2n) is 3.93. The zero-order valence-corrected chi connectivity index (χ0v) is 9.16. The smallest absolute Gasteiger partial charge is 0.131 e. The van der Waals surface area contributed by atoms with Crippen LogP contribution in [0, 0.1) is 6.92 Å². The largest absolute Gasteiger partial charge is 0.354 e. The molecule has 1 fully saturated rings. The molecule has 82 valence electrons. The Hall–Kier alpha value is -1.13. The van der Waals surface area contributed by atoms with E-state index in [4.69, 9.17) is 5.73 Å². The topological polar surface area (TPSA) is 54.2 Å². The number of anilines is 1. The van der Waals surface area contributed by atoms with Gasteiger partial charge in [0.25, 0.3) is 0 Å². The third-order valence-corrected chi connectivity index (χ3v) is 2.76. The molecule has 0 amide bonds. The fraction of sp³-hybridized carbons (Fsp3) is 0.545. The first-order valence-electron chi connectivity index (χ1n) is 5.42. The molecule has 0 aromatic carbocycles. The Morgan fingerprint density at radius 3 is 2.80 bits per heavy atom. The number of piperazine rings is 1. The lowest BCUT2D eigenvalue weighted by Crippen LogP contribution is -2.44. The normalized spacial score (nSPS) is 16.8. The molecule has 2 heterocycles. The predicted molar refractivity (Wildman–Crippen MR) is 61.9 cm³/mol. The maximum atomic E-state index is 5.58. The molecule has 3 N–H and O–H groups in total. The van der Waals surface area contributed by atoms with Crippen LogP contribution in [0.2, 0.25) is 0 Å². The third kappa shape index (κ3) is 2.27. The summed E-state index contributed by atoms with van der Waals surface area (Å²) in [5.74, 6) is 1.11. The first-order chi connectivity index (χ1) is 7.31. The lowest BCUT2D eigenvalue weighted by Gasteiger charge is -2.29. The summed E-state index contributed by atoms with van der Waals surface area (Å²) in [6.45, 7) is 6.82. The fourth-order valence-corrected chi connectivity index (χ4v) is 1.95. The summed E-state index contributed by atoms with van der Waals surface area (Å²) in [5, 5.41) is 3.34. The zero-order valence-electron chi connectivity index (χ0n) is 9.16. The summed E-state index contributed by atoms with van der Waals surface area (Å²) in [6.07, 6.45) is 1.88. The van der Waals surface area contributed by atoms with Gasteiger partial charge in [0.2, 0.25) is 0 Å². The van der Waals surface area contributed by atoms with E-state index in [1.165, 1.54) is 5.56 Å². The Morgan fingerprint density at radius 1 is 1.47 bits per heavy atom. The Balaban J connectivity index is 2.19. The van der Waals surface area contributed by atoms with E-state index in [1.807, 2.05) is 6.20 Å². The Bertz CT molecular complexity index is 331. The minimum Gasteiger partial charge on any atom is -0.354 e. The molecule has 0 spiro atoms. The molecule has 1 saturated heterocycles. The minimum atomic E-state index is 0.565. The van der Waals surface area contributed by atoms with Crippen LogP contribution >= 0.6 is 0 Å². The van der Waals surface area contributed by atoms with Crippen molar-refractivity contribution in [1.29, 1.82) is 0 Å². The first kappa shape index (κ1) is 10.4. The van der Waals surface area contributed by atoms with Crippen molar-refractivity contribution in [2.24, 2.45) is 5.73 Å². The Kier molecular flexibility index (Phi) is 3.18. The van der Waals surface area contributed by atoms with Crippen LogP contribution in [0.3, 0.4) is 0 Å². The van der Waals surface area contributed by atoms with Gasteiger partial charge in [-0.05, 0) is 24.1 Å². The summed E-state index contributed by atoms with van der Waals surface area (Å²) < 4.78 is 0. The van der Waals surface area contributed by atoms with Gasteiger partial charge >= 0.3 is 0 Å². The number of aryl methyl sites for hydroxylation is 1. The molecule has 1 aromatic rings. The summed E-state index contributed by atoms with van der Waals surface area (Å²) in [7, 11) is 0. The molecular formula is C11H18N4. The Labute approximate surface area is 90.5 Å². The van der Waals surface area contributed by atoms with Crippen LogP contribution in [-0.2, 0) is 6.54 Å². The minimum absolute atomic E-state index is 0.565. The highest BCUT2D eigenvalue weighted by Crippen LogP contribution is 2.17. The molecule has 4 heteroatoms. The number of nitrogens with one attached hydrogen (secondary N) is 1. The second-order valence-corrected chi connectivity index (χ2v) is 3.93. The van der Waals surface area contributed by atoms with Gasteiger partial charge in [-0.15, -0.1) is 0 Å². The molecule has 0 saturated carbocycles. The number of nitrogens with two attached hydrogens (primary N) is 1. The van der Waals surface area contributed by atoms with E-state index in [9.17, 15) is 0 Å². The zero-order chi connectivity index (χ0) is 10.7. The third-order valence-electron chi connectivity index (χ3n) is 2.76. The van der Waals surface area contributed by atoms with Crippen molar-refractivity contribution < 1.29 is 0 Å². The second kappa shape index (κ2) is 4.59. The van der Waals surface area contributed by atoms with Crippen LogP contribution < -0.4 is 16.0 Å². The molecule has 1 aromatic heterocycles. The summed E-state index contributed by atoms with van der Waals surface area (Å²) in [5.41, 5.74) is 7.91. The molecule has 0 bridgehead atoms. The standard InChI is InChI=1S/C11H18N4/c1-9-6-10(7-12)8-14-11(9)15-4-2-13-3-5-15/h6,8,13H,2-5,7,12H2,1H3. The van der Waals surface area contributed by atoms with Crippen molar-refractivity contribution in [2.45, 2.75) is 13.5 Å². The van der Waals surface area contributed by atoms with Crippen LogP contribution in [0.15, 0.2) is 12.3 Å². The van der Waals surface area contributed by atoms with Gasteiger partial charge in [0.1, 0.15) is 5.82 Å². The summed E-state index contributed by atoms with van der Waals surface area (Å²) >= 11 is 0. The van der Waals surface area contributed by atoms with Gasteiger partial charge in [-0.2, -0.15) is 0 Å². The van der Waals surface area contributed by atoms with Crippen molar-refractivity contribution in [3.63, 3.8) is 0 Å². The van der Waals surface area contributed by atoms with Crippen LogP contribution in [-0.4, -0.2) is 31.2 Å². The van der Waals surface area contributed by atoms with Crippen LogP contribution in [0.5, 0.6) is 0 Å². The number of nitrogens with zero attached hydrogens (tertiary/aromatic N) is 2. The molecule has 0 radical (unpaired) electrons. The van der Waals surface area contributed by atoms with Crippen molar-refractivity contribution in [3.05, 3.63) is 23.4 Å². The van der Waals surface area contributed by atoms with Gasteiger partial charge in [0, 0.05) is 38.9 Å². The van der Waals surface area contributed by atoms with Gasteiger partial charge in [-0.3, -0.25) is 0 Å². The van der Waals surface area contributed by atoms with Gasteiger partial charge in [0.15, 0.2) is 0 Å². The van der Waals surface area contributed by atoms with Gasteiger partial charge in [-0.25, -0.2) is 4.98 Å². The lowest BCUT2D eigenvalue weighted by molar-refractivity contribution is 0.584. The van der Waals surface area contributed by atoms with E-state index in [1.54, 1.807) is 0 Å². The van der Waals surface area contributed by atoms with E-state index in [0.717, 1.165) is 37.6 Å². The lowest BCUT2D eigenvalue weighted by atomic mass is 10.2. The highest BCUT2D eigenvalue weighted by atomic mass is 15.2. The molecule has 2 rings (SSSR count). The van der Waals surface area contributed by atoms with E-state index in [0.29, 0.717) is 6.54 Å². The highest BCUT2D eigenvalue weighted by Gasteiger charge is 2.13. The molecule has 0 atom stereocenters. The molecule has 4 nitrogen and oxygen atoms in total. The predicted octanol–water partition coefficient (Wildman–Crippen LogP) is 0.258. The maximum absolute atomic E-state index is 5.58. The number of aromatic nitrogens is 1. The molecule has 0 unspecified atom stereocenters. The van der Waals surface area contributed by atoms with Crippen LogP contribution in [0.25, 0.3) is 0 Å². The van der Waals surface area contributed by atoms with Crippen LogP contribution in [0.1, 0.15) is 11.1 Å². The SMILES string of the molecule is Cc1cc(CN)cnc1N1CCNCC1. The van der Waals surface area contributed by atoms with Gasteiger partial charge < -0.3 is 16.0 Å². The maximum Gasteiger partial charge on any atom is 0.131 e. The number of pyridine rings is 1. The van der Waals surface area contributed by atoms with E-state index < -0.39 is 0 Å². The van der Waals surface area contributed by atoms with E-state index in [2.05, 4.69) is 28.2 Å². The van der Waals surface area contributed by atoms with Crippen molar-refractivity contribution in [2.75, 3.05) is 31.1 Å². The number of hydrogen-bond donors (Lipinski definition) is 2. The molecular weight excluding hydrogens is 188 g/mol. The molecule has 1 aliphatic heterocycles. The highest BCUT2D eigenvalue weighted by molar-refractivity contribution is 5.47. The monoisotopic (exact) mass is 206 g/mol. The summed E-state index contributed by atoms with van der Waals surface area (Å²) in [6, 6.07) is 2.13. The number of rotatable bonds is 2. The quantitative estimate of drug-likeness (QED) is 0.729. The fourth-order valence-electron chi connectivity index (χ4n) is 1.95.